The van der Waals surface area contributed by atoms with Gasteiger partial charge in [0.25, 0.3) is 0 Å². The molecule has 1 aromatic rings. The summed E-state index contributed by atoms with van der Waals surface area (Å²) < 4.78 is 0. The van der Waals surface area contributed by atoms with Gasteiger partial charge in [0.2, 0.25) is 0 Å². The number of hydrogen-bond acceptors (Lipinski definition) is 1. The van der Waals surface area contributed by atoms with E-state index in [9.17, 15) is 0 Å². The van der Waals surface area contributed by atoms with Crippen LogP contribution in [0, 0.1) is 11.8 Å². The fourth-order valence-corrected chi connectivity index (χ4v) is 4.27. The van der Waals surface area contributed by atoms with Crippen molar-refractivity contribution in [2.24, 2.45) is 11.8 Å². The third-order valence-corrected chi connectivity index (χ3v) is 5.66. The minimum atomic E-state index is 0.781. The number of rotatable bonds is 4. The zero-order valence-electron chi connectivity index (χ0n) is 13.1. The molecule has 110 valence electrons. The van der Waals surface area contributed by atoms with Crippen molar-refractivity contribution in [2.75, 3.05) is 13.6 Å². The molecule has 1 N–H and O–H groups in total. The Balaban J connectivity index is 1.88. The molecule has 1 heteroatoms. The second-order valence-corrected chi connectivity index (χ2v) is 7.10. The molecule has 1 nitrogen and oxygen atoms in total. The lowest BCUT2D eigenvalue weighted by Crippen LogP contribution is -2.31. The molecule has 0 aromatic heterocycles. The van der Waals surface area contributed by atoms with E-state index in [0.29, 0.717) is 0 Å². The Hall–Kier alpha value is -0.820. The summed E-state index contributed by atoms with van der Waals surface area (Å²) in [6, 6.07) is 9.34. The second kappa shape index (κ2) is 6.30. The average molecular weight is 271 g/mol. The van der Waals surface area contributed by atoms with Gasteiger partial charge in [0.05, 0.1) is 0 Å². The molecule has 0 spiro atoms. The van der Waals surface area contributed by atoms with Crippen LogP contribution in [0.1, 0.15) is 68.4 Å². The van der Waals surface area contributed by atoms with E-state index < -0.39 is 0 Å². The zero-order valence-corrected chi connectivity index (χ0v) is 13.1. The first-order valence-corrected chi connectivity index (χ1v) is 8.53. The van der Waals surface area contributed by atoms with Crippen molar-refractivity contribution < 1.29 is 0 Å². The molecule has 2 aliphatic carbocycles. The van der Waals surface area contributed by atoms with Crippen LogP contribution in [-0.2, 0) is 0 Å². The van der Waals surface area contributed by atoms with Gasteiger partial charge < -0.3 is 5.32 Å². The summed E-state index contributed by atoms with van der Waals surface area (Å²) in [6.07, 6.45) is 8.45. The Labute approximate surface area is 124 Å². The van der Waals surface area contributed by atoms with Gasteiger partial charge in [-0.1, -0.05) is 44.0 Å². The molecule has 1 aromatic carbocycles. The van der Waals surface area contributed by atoms with Crippen molar-refractivity contribution >= 4 is 0 Å². The molecule has 0 heterocycles. The van der Waals surface area contributed by atoms with Crippen LogP contribution in [0.25, 0.3) is 0 Å². The Morgan fingerprint density at radius 1 is 1.05 bits per heavy atom. The third-order valence-electron chi connectivity index (χ3n) is 5.66. The first-order chi connectivity index (χ1) is 9.79. The van der Waals surface area contributed by atoms with Gasteiger partial charge in [-0.05, 0) is 74.1 Å². The van der Waals surface area contributed by atoms with E-state index in [0.717, 1.165) is 23.7 Å². The van der Waals surface area contributed by atoms with Crippen molar-refractivity contribution in [3.8, 4) is 0 Å². The lowest BCUT2D eigenvalue weighted by atomic mass is 9.68. The van der Waals surface area contributed by atoms with E-state index in [4.69, 9.17) is 0 Å². The molecule has 2 saturated carbocycles. The van der Waals surface area contributed by atoms with Crippen LogP contribution in [0.15, 0.2) is 24.3 Å². The Kier molecular flexibility index (Phi) is 4.45. The maximum Gasteiger partial charge on any atom is -0.00177 e. The Bertz CT molecular complexity index is 435. The van der Waals surface area contributed by atoms with Crippen molar-refractivity contribution in [3.63, 3.8) is 0 Å². The fraction of sp³-hybridized carbons (Fsp3) is 0.684. The van der Waals surface area contributed by atoms with Crippen LogP contribution >= 0.6 is 0 Å². The van der Waals surface area contributed by atoms with Crippen LogP contribution in [-0.4, -0.2) is 13.6 Å². The molecule has 2 aliphatic rings. The zero-order chi connectivity index (χ0) is 13.9. The molecule has 0 aliphatic heterocycles. The summed E-state index contributed by atoms with van der Waals surface area (Å²) >= 11 is 0. The van der Waals surface area contributed by atoms with Gasteiger partial charge in [-0.25, -0.2) is 0 Å². The van der Waals surface area contributed by atoms with Crippen LogP contribution < -0.4 is 5.32 Å². The Morgan fingerprint density at radius 3 is 2.45 bits per heavy atom. The lowest BCUT2D eigenvalue weighted by molar-refractivity contribution is 0.242. The molecular weight excluding hydrogens is 242 g/mol. The predicted molar refractivity (Wildman–Crippen MR) is 86.2 cm³/mol. The van der Waals surface area contributed by atoms with E-state index in [1.54, 1.807) is 11.1 Å². The monoisotopic (exact) mass is 271 g/mol. The summed E-state index contributed by atoms with van der Waals surface area (Å²) in [4.78, 5) is 0. The summed E-state index contributed by atoms with van der Waals surface area (Å²) in [5.74, 6) is 3.36. The van der Waals surface area contributed by atoms with Gasteiger partial charge in [0.15, 0.2) is 0 Å². The van der Waals surface area contributed by atoms with Gasteiger partial charge in [-0.15, -0.1) is 0 Å². The number of nitrogens with one attached hydrogen (secondary N) is 1. The summed E-state index contributed by atoms with van der Waals surface area (Å²) in [7, 11) is 2.10. The van der Waals surface area contributed by atoms with E-state index in [1.165, 1.54) is 45.1 Å². The van der Waals surface area contributed by atoms with E-state index in [2.05, 4.69) is 43.6 Å². The maximum absolute atomic E-state index is 3.43. The quantitative estimate of drug-likeness (QED) is 0.837. The van der Waals surface area contributed by atoms with Crippen molar-refractivity contribution in [2.45, 2.75) is 57.3 Å². The summed E-state index contributed by atoms with van der Waals surface area (Å²) in [5, 5.41) is 3.43. The molecule has 3 atom stereocenters. The minimum absolute atomic E-state index is 0.781. The van der Waals surface area contributed by atoms with Gasteiger partial charge >= 0.3 is 0 Å². The molecule has 3 rings (SSSR count). The maximum atomic E-state index is 3.43. The van der Waals surface area contributed by atoms with Crippen molar-refractivity contribution in [1.29, 1.82) is 0 Å². The number of benzene rings is 1. The van der Waals surface area contributed by atoms with Crippen molar-refractivity contribution in [1.82, 2.24) is 5.32 Å². The highest BCUT2D eigenvalue weighted by Gasteiger charge is 2.32. The first-order valence-electron chi connectivity index (χ1n) is 8.53. The average Bonchev–Trinajstić information content (AvgIpc) is 2.40. The van der Waals surface area contributed by atoms with Crippen LogP contribution in [0.2, 0.25) is 0 Å². The highest BCUT2D eigenvalue weighted by atomic mass is 14.8. The highest BCUT2D eigenvalue weighted by Crippen LogP contribution is 2.46. The molecule has 0 radical (unpaired) electrons. The van der Waals surface area contributed by atoms with E-state index >= 15 is 0 Å². The Morgan fingerprint density at radius 2 is 1.80 bits per heavy atom. The van der Waals surface area contributed by atoms with Crippen LogP contribution in [0.5, 0.6) is 0 Å². The van der Waals surface area contributed by atoms with Crippen molar-refractivity contribution in [3.05, 3.63) is 35.4 Å². The van der Waals surface area contributed by atoms with Gasteiger partial charge in [0, 0.05) is 0 Å². The SMILES string of the molecule is CNCC1CCC(C)CC1c1ccccc1C1CCC1. The van der Waals surface area contributed by atoms with Crippen LogP contribution in [0.4, 0.5) is 0 Å². The largest absolute Gasteiger partial charge is 0.319 e. The first kappa shape index (κ1) is 14.1. The summed E-state index contributed by atoms with van der Waals surface area (Å²) in [6.45, 7) is 3.62. The molecule has 20 heavy (non-hydrogen) atoms. The highest BCUT2D eigenvalue weighted by molar-refractivity contribution is 5.35. The fourth-order valence-electron chi connectivity index (χ4n) is 4.27. The molecule has 0 amide bonds. The normalized spacial score (nSPS) is 31.0. The van der Waals surface area contributed by atoms with Gasteiger partial charge in [-0.3, -0.25) is 0 Å². The number of hydrogen-bond donors (Lipinski definition) is 1. The molecule has 0 saturated heterocycles. The topological polar surface area (TPSA) is 12.0 Å². The molecule has 2 fully saturated rings. The minimum Gasteiger partial charge on any atom is -0.319 e. The van der Waals surface area contributed by atoms with Crippen LogP contribution in [0.3, 0.4) is 0 Å². The van der Waals surface area contributed by atoms with E-state index in [-0.39, 0.29) is 0 Å². The van der Waals surface area contributed by atoms with Gasteiger partial charge in [0.1, 0.15) is 0 Å². The van der Waals surface area contributed by atoms with Gasteiger partial charge in [-0.2, -0.15) is 0 Å². The molecule has 3 unspecified atom stereocenters. The third kappa shape index (κ3) is 2.79. The standard InChI is InChI=1S/C19H29N/c1-14-10-11-16(13-20-2)19(12-14)18-9-4-3-8-17(18)15-6-5-7-15/h3-4,8-9,14-16,19-20H,5-7,10-13H2,1-2H3. The summed E-state index contributed by atoms with van der Waals surface area (Å²) in [5.41, 5.74) is 3.36. The molecule has 0 bridgehead atoms. The predicted octanol–water partition coefficient (Wildman–Crippen LogP) is 4.69. The van der Waals surface area contributed by atoms with E-state index in [1.807, 2.05) is 0 Å². The molecular formula is C19H29N. The lowest BCUT2D eigenvalue weighted by Gasteiger charge is -2.38. The second-order valence-electron chi connectivity index (χ2n) is 7.10. The smallest absolute Gasteiger partial charge is 0.00177 e.